The van der Waals surface area contributed by atoms with Crippen LogP contribution < -0.4 is 10.6 Å². The highest BCUT2D eigenvalue weighted by molar-refractivity contribution is 5.79. The van der Waals surface area contributed by atoms with E-state index in [9.17, 15) is 4.79 Å². The lowest BCUT2D eigenvalue weighted by Crippen LogP contribution is -2.47. The van der Waals surface area contributed by atoms with E-state index in [1.54, 1.807) is 7.05 Å². The van der Waals surface area contributed by atoms with Crippen LogP contribution in [0.3, 0.4) is 0 Å². The standard InChI is InChI=1S/C21H38N6O2/c1-16-13-17(2)27(25-16)12-8-10-23-19(22-6)24-14-18-9-7-11-26(15-18)20(28)29-21(3,4)5/h13,18H,7-12,14-15H2,1-6H3,(H2,22,23,24). The molecule has 8 nitrogen and oxygen atoms in total. The van der Waals surface area contributed by atoms with E-state index in [0.717, 1.165) is 63.6 Å². The third-order valence-corrected chi connectivity index (χ3v) is 4.89. The summed E-state index contributed by atoms with van der Waals surface area (Å²) >= 11 is 0. The zero-order chi connectivity index (χ0) is 21.4. The average Bonchev–Trinajstić information content (AvgIpc) is 2.97. The highest BCUT2D eigenvalue weighted by atomic mass is 16.6. The molecule has 29 heavy (non-hydrogen) atoms. The molecule has 0 aliphatic carbocycles. The van der Waals surface area contributed by atoms with E-state index < -0.39 is 5.60 Å². The Bertz CT molecular complexity index is 692. The number of rotatable bonds is 6. The number of hydrogen-bond donors (Lipinski definition) is 2. The van der Waals surface area contributed by atoms with E-state index in [4.69, 9.17) is 4.74 Å². The summed E-state index contributed by atoms with van der Waals surface area (Å²) in [6, 6.07) is 2.10. The average molecular weight is 407 g/mol. The number of nitrogens with one attached hydrogen (secondary N) is 2. The summed E-state index contributed by atoms with van der Waals surface area (Å²) in [6.45, 7) is 13.8. The molecule has 0 saturated carbocycles. The molecular weight excluding hydrogens is 368 g/mol. The Morgan fingerprint density at radius 2 is 2.10 bits per heavy atom. The second-order valence-corrected chi connectivity index (χ2v) is 8.82. The van der Waals surface area contributed by atoms with Crippen LogP contribution in [0.25, 0.3) is 0 Å². The van der Waals surface area contributed by atoms with E-state index in [-0.39, 0.29) is 6.09 Å². The van der Waals surface area contributed by atoms with Crippen LogP contribution in [0.15, 0.2) is 11.1 Å². The molecule has 2 rings (SSSR count). The third kappa shape index (κ3) is 7.95. The van der Waals surface area contributed by atoms with Gasteiger partial charge >= 0.3 is 6.09 Å². The van der Waals surface area contributed by atoms with Crippen molar-refractivity contribution in [3.63, 3.8) is 0 Å². The summed E-state index contributed by atoms with van der Waals surface area (Å²) in [4.78, 5) is 18.4. The Morgan fingerprint density at radius 3 is 2.72 bits per heavy atom. The Balaban J connectivity index is 1.70. The van der Waals surface area contributed by atoms with Crippen molar-refractivity contribution < 1.29 is 9.53 Å². The van der Waals surface area contributed by atoms with Crippen molar-refractivity contribution in [1.29, 1.82) is 0 Å². The van der Waals surface area contributed by atoms with Crippen molar-refractivity contribution >= 4 is 12.1 Å². The molecule has 1 aromatic heterocycles. The second-order valence-electron chi connectivity index (χ2n) is 8.82. The normalized spacial score (nSPS) is 17.9. The van der Waals surface area contributed by atoms with Gasteiger partial charge in [-0.15, -0.1) is 0 Å². The Kier molecular flexibility index (Phi) is 8.34. The van der Waals surface area contributed by atoms with E-state index in [0.29, 0.717) is 5.92 Å². The molecule has 1 atom stereocenters. The SMILES string of the molecule is CN=C(NCCCn1nc(C)cc1C)NCC1CCCN(C(=O)OC(C)(C)C)C1. The molecule has 2 N–H and O–H groups in total. The van der Waals surface area contributed by atoms with Gasteiger partial charge in [-0.25, -0.2) is 4.79 Å². The third-order valence-electron chi connectivity index (χ3n) is 4.89. The fraction of sp³-hybridized carbons (Fsp3) is 0.762. The quantitative estimate of drug-likeness (QED) is 0.431. The van der Waals surface area contributed by atoms with Crippen LogP contribution in [-0.2, 0) is 11.3 Å². The molecule has 2 heterocycles. The maximum absolute atomic E-state index is 12.3. The minimum absolute atomic E-state index is 0.214. The number of ether oxygens (including phenoxy) is 1. The smallest absolute Gasteiger partial charge is 0.410 e. The van der Waals surface area contributed by atoms with Crippen LogP contribution in [0.4, 0.5) is 4.79 Å². The van der Waals surface area contributed by atoms with Crippen molar-refractivity contribution in [2.75, 3.05) is 33.2 Å². The number of carbonyl (C=O) groups is 1. The Hall–Kier alpha value is -2.25. The molecule has 0 aromatic carbocycles. The number of aromatic nitrogens is 2. The van der Waals surface area contributed by atoms with E-state index in [1.807, 2.05) is 37.3 Å². The lowest BCUT2D eigenvalue weighted by Gasteiger charge is -2.34. The summed E-state index contributed by atoms with van der Waals surface area (Å²) in [5, 5.41) is 11.3. The van der Waals surface area contributed by atoms with Gasteiger partial charge in [0.25, 0.3) is 0 Å². The van der Waals surface area contributed by atoms with Crippen molar-refractivity contribution in [1.82, 2.24) is 25.3 Å². The first-order valence-corrected chi connectivity index (χ1v) is 10.6. The van der Waals surface area contributed by atoms with Crippen LogP contribution in [0, 0.1) is 19.8 Å². The topological polar surface area (TPSA) is 83.8 Å². The first-order valence-electron chi connectivity index (χ1n) is 10.6. The number of aliphatic imine (C=N–C) groups is 1. The molecular formula is C21H38N6O2. The van der Waals surface area contributed by atoms with Gasteiger partial charge in [-0.1, -0.05) is 0 Å². The molecule has 8 heteroatoms. The predicted molar refractivity (Wildman–Crippen MR) is 116 cm³/mol. The molecule has 1 saturated heterocycles. The number of aryl methyl sites for hydroxylation is 3. The van der Waals surface area contributed by atoms with Gasteiger partial charge in [-0.05, 0) is 65.9 Å². The number of guanidine groups is 1. The van der Waals surface area contributed by atoms with Crippen molar-refractivity contribution in [2.45, 2.75) is 66.0 Å². The number of amides is 1. The molecule has 1 amide bonds. The van der Waals surface area contributed by atoms with Crippen LogP contribution in [0.2, 0.25) is 0 Å². The van der Waals surface area contributed by atoms with Crippen LogP contribution in [0.1, 0.15) is 51.4 Å². The van der Waals surface area contributed by atoms with E-state index >= 15 is 0 Å². The monoisotopic (exact) mass is 406 g/mol. The summed E-state index contributed by atoms with van der Waals surface area (Å²) in [6.07, 6.45) is 2.86. The molecule has 0 spiro atoms. The molecule has 1 aliphatic rings. The largest absolute Gasteiger partial charge is 0.444 e. The van der Waals surface area contributed by atoms with Gasteiger partial charge in [0.2, 0.25) is 0 Å². The molecule has 1 aromatic rings. The van der Waals surface area contributed by atoms with Crippen molar-refractivity contribution in [3.8, 4) is 0 Å². The number of carbonyl (C=O) groups excluding carboxylic acids is 1. The molecule has 1 fully saturated rings. The van der Waals surface area contributed by atoms with Crippen molar-refractivity contribution in [2.24, 2.45) is 10.9 Å². The maximum Gasteiger partial charge on any atom is 0.410 e. The molecule has 0 radical (unpaired) electrons. The lowest BCUT2D eigenvalue weighted by molar-refractivity contribution is 0.0168. The van der Waals surface area contributed by atoms with Gasteiger partial charge in [-0.3, -0.25) is 9.67 Å². The fourth-order valence-electron chi connectivity index (χ4n) is 3.52. The van der Waals surface area contributed by atoms with Gasteiger partial charge in [0.15, 0.2) is 5.96 Å². The maximum atomic E-state index is 12.3. The number of likely N-dealkylation sites (tertiary alicyclic amines) is 1. The van der Waals surface area contributed by atoms with Crippen LogP contribution >= 0.6 is 0 Å². The van der Waals surface area contributed by atoms with Gasteiger partial charge in [0, 0.05) is 45.5 Å². The summed E-state index contributed by atoms with van der Waals surface area (Å²) in [5.74, 6) is 1.19. The molecule has 0 bridgehead atoms. The van der Waals surface area contributed by atoms with Crippen molar-refractivity contribution in [3.05, 3.63) is 17.5 Å². The van der Waals surface area contributed by atoms with Crippen LogP contribution in [-0.4, -0.2) is 65.6 Å². The summed E-state index contributed by atoms with van der Waals surface area (Å²) in [5.41, 5.74) is 1.79. The van der Waals surface area contributed by atoms with Gasteiger partial charge in [-0.2, -0.15) is 5.10 Å². The Labute approximate surface area is 175 Å². The first-order chi connectivity index (χ1) is 13.7. The molecule has 164 valence electrons. The van der Waals surface area contributed by atoms with Gasteiger partial charge in [0.05, 0.1) is 5.69 Å². The lowest BCUT2D eigenvalue weighted by atomic mass is 9.98. The first kappa shape index (κ1) is 23.0. The van der Waals surface area contributed by atoms with Crippen LogP contribution in [0.5, 0.6) is 0 Å². The van der Waals surface area contributed by atoms with Gasteiger partial charge < -0.3 is 20.3 Å². The zero-order valence-corrected chi connectivity index (χ0v) is 18.9. The summed E-state index contributed by atoms with van der Waals surface area (Å²) < 4.78 is 7.55. The number of hydrogen-bond acceptors (Lipinski definition) is 4. The molecule has 1 unspecified atom stereocenters. The fourth-order valence-corrected chi connectivity index (χ4v) is 3.52. The predicted octanol–water partition coefficient (Wildman–Crippen LogP) is 2.70. The highest BCUT2D eigenvalue weighted by Crippen LogP contribution is 2.18. The number of nitrogens with zero attached hydrogens (tertiary/aromatic N) is 4. The minimum atomic E-state index is -0.457. The minimum Gasteiger partial charge on any atom is -0.444 e. The summed E-state index contributed by atoms with van der Waals surface area (Å²) in [7, 11) is 1.78. The van der Waals surface area contributed by atoms with E-state index in [2.05, 4.69) is 33.7 Å². The number of piperidine rings is 1. The highest BCUT2D eigenvalue weighted by Gasteiger charge is 2.27. The van der Waals surface area contributed by atoms with E-state index in [1.165, 1.54) is 5.69 Å². The Morgan fingerprint density at radius 1 is 1.34 bits per heavy atom. The van der Waals surface area contributed by atoms with Gasteiger partial charge in [0.1, 0.15) is 5.60 Å². The zero-order valence-electron chi connectivity index (χ0n) is 18.9. The molecule has 1 aliphatic heterocycles. The second kappa shape index (κ2) is 10.5.